The Morgan fingerprint density at radius 2 is 1.72 bits per heavy atom. The Bertz CT molecular complexity index is 977. The molecule has 9 heteroatoms. The van der Waals surface area contributed by atoms with E-state index < -0.39 is 0 Å². The summed E-state index contributed by atoms with van der Waals surface area (Å²) in [5, 5.41) is 14.2. The van der Waals surface area contributed by atoms with Crippen LogP contribution in [0.5, 0.6) is 28.7 Å². The number of fused-ring (bicyclic) bond motifs is 2. The number of benzene rings is 2. The number of aromatic nitrogens is 4. The van der Waals surface area contributed by atoms with Crippen molar-refractivity contribution in [3.63, 3.8) is 0 Å². The molecule has 152 valence electrons. The molecule has 29 heavy (non-hydrogen) atoms. The summed E-state index contributed by atoms with van der Waals surface area (Å²) in [4.78, 5) is 2.31. The lowest BCUT2D eigenvalue weighted by Gasteiger charge is -2.28. The Kier molecular flexibility index (Phi) is 5.48. The quantitative estimate of drug-likeness (QED) is 0.678. The summed E-state index contributed by atoms with van der Waals surface area (Å²) >= 11 is 0. The van der Waals surface area contributed by atoms with Crippen LogP contribution < -0.4 is 18.9 Å². The van der Waals surface area contributed by atoms with Crippen molar-refractivity contribution >= 4 is 0 Å². The van der Waals surface area contributed by atoms with Gasteiger partial charge < -0.3 is 18.9 Å². The molecule has 2 aromatic carbocycles. The van der Waals surface area contributed by atoms with Crippen molar-refractivity contribution in [3.05, 3.63) is 47.3 Å². The second kappa shape index (κ2) is 8.36. The molecule has 0 saturated carbocycles. The minimum Gasteiger partial charge on any atom is -0.497 e. The Labute approximate surface area is 168 Å². The van der Waals surface area contributed by atoms with Crippen LogP contribution in [0.25, 0.3) is 0 Å². The lowest BCUT2D eigenvalue weighted by atomic mass is 10.1. The van der Waals surface area contributed by atoms with Crippen molar-refractivity contribution in [2.45, 2.75) is 19.5 Å². The normalized spacial score (nSPS) is 13.5. The van der Waals surface area contributed by atoms with E-state index in [1.165, 1.54) is 0 Å². The van der Waals surface area contributed by atoms with E-state index in [0.29, 0.717) is 36.8 Å². The van der Waals surface area contributed by atoms with Crippen LogP contribution in [0.1, 0.15) is 17.0 Å². The molecule has 9 nitrogen and oxygen atoms in total. The zero-order chi connectivity index (χ0) is 20.2. The fourth-order valence-corrected chi connectivity index (χ4v) is 3.37. The van der Waals surface area contributed by atoms with Gasteiger partial charge >= 0.3 is 0 Å². The summed E-state index contributed by atoms with van der Waals surface area (Å²) in [5.74, 6) is 4.19. The van der Waals surface area contributed by atoms with Crippen molar-refractivity contribution in [3.8, 4) is 28.7 Å². The van der Waals surface area contributed by atoms with Crippen molar-refractivity contribution < 1.29 is 18.9 Å². The summed E-state index contributed by atoms with van der Waals surface area (Å²) < 4.78 is 22.6. The largest absolute Gasteiger partial charge is 0.497 e. The number of aromatic amines is 1. The first kappa shape index (κ1) is 19.0. The molecule has 4 rings (SSSR count). The molecule has 0 amide bonds. The highest BCUT2D eigenvalue weighted by Crippen LogP contribution is 2.40. The molecule has 0 bridgehead atoms. The number of hydrogen-bond donors (Lipinski definition) is 1. The van der Waals surface area contributed by atoms with Gasteiger partial charge in [0, 0.05) is 49.3 Å². The van der Waals surface area contributed by atoms with Gasteiger partial charge in [-0.2, -0.15) is 5.21 Å². The second-order valence-electron chi connectivity index (χ2n) is 6.68. The van der Waals surface area contributed by atoms with Crippen LogP contribution in [0.2, 0.25) is 0 Å². The van der Waals surface area contributed by atoms with Gasteiger partial charge in [-0.3, -0.25) is 4.90 Å². The van der Waals surface area contributed by atoms with Gasteiger partial charge in [0.15, 0.2) is 17.3 Å². The molecule has 0 fully saturated rings. The maximum absolute atomic E-state index is 6.28. The fraction of sp³-hybridized carbons (Fsp3) is 0.350. The summed E-state index contributed by atoms with van der Waals surface area (Å²) in [6, 6.07) is 9.69. The first-order valence-corrected chi connectivity index (χ1v) is 9.24. The van der Waals surface area contributed by atoms with Crippen LogP contribution >= 0.6 is 0 Å². The zero-order valence-electron chi connectivity index (χ0n) is 16.6. The zero-order valence-corrected chi connectivity index (χ0v) is 16.6. The average Bonchev–Trinajstić information content (AvgIpc) is 3.26. The van der Waals surface area contributed by atoms with Gasteiger partial charge in [0.25, 0.3) is 0 Å². The number of ether oxygens (including phenoxy) is 4. The van der Waals surface area contributed by atoms with Crippen LogP contribution in [0.3, 0.4) is 0 Å². The molecule has 0 aliphatic carbocycles. The molecule has 0 spiro atoms. The first-order valence-electron chi connectivity index (χ1n) is 9.24. The SMILES string of the molecule is COc1ccc2c(c1)Oc1cc(OC)c(OC)cc1CN(CCc1nn[nH]n1)C2. The van der Waals surface area contributed by atoms with Crippen molar-refractivity contribution in [1.82, 2.24) is 25.5 Å². The van der Waals surface area contributed by atoms with E-state index in [1.807, 2.05) is 30.3 Å². The minimum absolute atomic E-state index is 0.620. The van der Waals surface area contributed by atoms with Gasteiger partial charge in [0.2, 0.25) is 0 Å². The molecule has 1 aliphatic heterocycles. The number of H-pyrrole nitrogens is 1. The van der Waals surface area contributed by atoms with Gasteiger partial charge in [-0.15, -0.1) is 10.2 Å². The number of methoxy groups -OCH3 is 3. The minimum atomic E-state index is 0.620. The molecule has 1 aliphatic rings. The molecule has 0 saturated heterocycles. The van der Waals surface area contributed by atoms with E-state index in [4.69, 9.17) is 18.9 Å². The van der Waals surface area contributed by atoms with E-state index in [2.05, 4.69) is 25.5 Å². The Hall–Kier alpha value is -3.33. The topological polar surface area (TPSA) is 94.6 Å². The van der Waals surface area contributed by atoms with Crippen molar-refractivity contribution in [1.29, 1.82) is 0 Å². The highest BCUT2D eigenvalue weighted by Gasteiger charge is 2.22. The van der Waals surface area contributed by atoms with Gasteiger partial charge in [-0.25, -0.2) is 0 Å². The molecule has 1 aromatic heterocycles. The predicted octanol–water partition coefficient (Wildman–Crippen LogP) is 2.58. The highest BCUT2D eigenvalue weighted by molar-refractivity contribution is 5.53. The second-order valence-corrected chi connectivity index (χ2v) is 6.68. The molecular formula is C20H23N5O4. The summed E-state index contributed by atoms with van der Waals surface area (Å²) in [7, 11) is 4.88. The summed E-state index contributed by atoms with van der Waals surface area (Å²) in [6.45, 7) is 2.16. The van der Waals surface area contributed by atoms with Crippen LogP contribution in [-0.2, 0) is 19.5 Å². The Balaban J connectivity index is 1.72. The maximum Gasteiger partial charge on any atom is 0.175 e. The highest BCUT2D eigenvalue weighted by atomic mass is 16.5. The predicted molar refractivity (Wildman–Crippen MR) is 105 cm³/mol. The third-order valence-corrected chi connectivity index (χ3v) is 4.89. The van der Waals surface area contributed by atoms with E-state index in [0.717, 1.165) is 34.9 Å². The lowest BCUT2D eigenvalue weighted by Crippen LogP contribution is -2.27. The van der Waals surface area contributed by atoms with Gasteiger partial charge in [-0.05, 0) is 12.1 Å². The van der Waals surface area contributed by atoms with Crippen LogP contribution in [0.4, 0.5) is 0 Å². The smallest absolute Gasteiger partial charge is 0.175 e. The molecule has 0 unspecified atom stereocenters. The standard InChI is InChI=1S/C20H23N5O4/c1-26-15-5-4-13-11-25(7-6-20-21-23-24-22-20)12-14-8-18(27-2)19(28-3)10-17(14)29-16(13)9-15/h4-5,8-10H,6-7,11-12H2,1-3H3,(H,21,22,23,24). The van der Waals surface area contributed by atoms with Crippen molar-refractivity contribution in [2.75, 3.05) is 27.9 Å². The Morgan fingerprint density at radius 1 is 0.966 bits per heavy atom. The van der Waals surface area contributed by atoms with Crippen LogP contribution in [-0.4, -0.2) is 53.4 Å². The fourth-order valence-electron chi connectivity index (χ4n) is 3.37. The molecule has 2 heterocycles. The molecule has 3 aromatic rings. The number of rotatable bonds is 6. The van der Waals surface area contributed by atoms with Crippen LogP contribution in [0, 0.1) is 0 Å². The number of nitrogens with one attached hydrogen (secondary N) is 1. The van der Waals surface area contributed by atoms with Crippen molar-refractivity contribution in [2.24, 2.45) is 0 Å². The van der Waals surface area contributed by atoms with Gasteiger partial charge in [0.05, 0.1) is 21.3 Å². The maximum atomic E-state index is 6.28. The summed E-state index contributed by atoms with van der Waals surface area (Å²) in [6.07, 6.45) is 0.686. The number of hydrogen-bond acceptors (Lipinski definition) is 8. The summed E-state index contributed by atoms with van der Waals surface area (Å²) in [5.41, 5.74) is 2.07. The number of nitrogens with zero attached hydrogens (tertiary/aromatic N) is 4. The van der Waals surface area contributed by atoms with Gasteiger partial charge in [0.1, 0.15) is 17.2 Å². The number of tetrazole rings is 1. The molecular weight excluding hydrogens is 374 g/mol. The molecule has 1 N–H and O–H groups in total. The Morgan fingerprint density at radius 3 is 2.45 bits per heavy atom. The molecule has 0 atom stereocenters. The molecule has 0 radical (unpaired) electrons. The van der Waals surface area contributed by atoms with E-state index in [9.17, 15) is 0 Å². The third-order valence-electron chi connectivity index (χ3n) is 4.89. The lowest BCUT2D eigenvalue weighted by molar-refractivity contribution is 0.244. The monoisotopic (exact) mass is 397 g/mol. The van der Waals surface area contributed by atoms with E-state index >= 15 is 0 Å². The van der Waals surface area contributed by atoms with Gasteiger partial charge in [-0.1, -0.05) is 11.3 Å². The van der Waals surface area contributed by atoms with E-state index in [-0.39, 0.29) is 0 Å². The third kappa shape index (κ3) is 4.09. The van der Waals surface area contributed by atoms with E-state index in [1.54, 1.807) is 21.3 Å². The van der Waals surface area contributed by atoms with Crippen LogP contribution in [0.15, 0.2) is 30.3 Å². The average molecular weight is 397 g/mol. The first-order chi connectivity index (χ1) is 14.2.